The summed E-state index contributed by atoms with van der Waals surface area (Å²) in [7, 11) is 0. The van der Waals surface area contributed by atoms with Crippen molar-refractivity contribution in [1.29, 1.82) is 0 Å². The number of ether oxygens (including phenoxy) is 1. The zero-order valence-electron chi connectivity index (χ0n) is 15.5. The second-order valence-electron chi connectivity index (χ2n) is 7.46. The van der Waals surface area contributed by atoms with Crippen LogP contribution < -0.4 is 5.32 Å². The first kappa shape index (κ1) is 17.6. The molecule has 142 valence electrons. The van der Waals surface area contributed by atoms with Crippen molar-refractivity contribution in [3.05, 3.63) is 35.0 Å². The molecule has 0 radical (unpaired) electrons. The minimum absolute atomic E-state index is 0.291. The smallest absolute Gasteiger partial charge is 0.338 e. The lowest BCUT2D eigenvalue weighted by Gasteiger charge is -2.18. The molecule has 0 bridgehead atoms. The van der Waals surface area contributed by atoms with Gasteiger partial charge in [0.25, 0.3) is 5.91 Å². The van der Waals surface area contributed by atoms with Crippen LogP contribution in [0.15, 0.2) is 18.2 Å². The SMILES string of the molecule is CC1CCc2[nH]c3ccc(C(=O)OC(C)C(=O)N4CCNC4=O)cc3c2C1. The number of imide groups is 1. The van der Waals surface area contributed by atoms with Crippen molar-refractivity contribution in [3.8, 4) is 0 Å². The van der Waals surface area contributed by atoms with E-state index in [2.05, 4.69) is 17.2 Å². The van der Waals surface area contributed by atoms with Crippen LogP contribution in [0.25, 0.3) is 10.9 Å². The molecule has 0 spiro atoms. The number of nitrogens with one attached hydrogen (secondary N) is 2. The van der Waals surface area contributed by atoms with Crippen molar-refractivity contribution in [2.45, 2.75) is 39.2 Å². The largest absolute Gasteiger partial charge is 0.449 e. The number of fused-ring (bicyclic) bond motifs is 3. The lowest BCUT2D eigenvalue weighted by molar-refractivity contribution is -0.136. The second kappa shape index (κ2) is 6.72. The number of nitrogens with zero attached hydrogens (tertiary/aromatic N) is 1. The third-order valence-electron chi connectivity index (χ3n) is 5.42. The number of aryl methyl sites for hydroxylation is 1. The molecule has 27 heavy (non-hydrogen) atoms. The third-order valence-corrected chi connectivity index (χ3v) is 5.42. The molecule has 2 aromatic rings. The van der Waals surface area contributed by atoms with Crippen LogP contribution in [0, 0.1) is 5.92 Å². The van der Waals surface area contributed by atoms with Gasteiger partial charge in [0.2, 0.25) is 0 Å². The van der Waals surface area contributed by atoms with Gasteiger partial charge in [-0.05, 0) is 55.9 Å². The minimum Gasteiger partial charge on any atom is -0.449 e. The van der Waals surface area contributed by atoms with E-state index in [0.717, 1.165) is 28.6 Å². The van der Waals surface area contributed by atoms with Crippen LogP contribution in [0.2, 0.25) is 0 Å². The van der Waals surface area contributed by atoms with E-state index in [-0.39, 0.29) is 0 Å². The van der Waals surface area contributed by atoms with E-state index in [0.29, 0.717) is 24.6 Å². The summed E-state index contributed by atoms with van der Waals surface area (Å²) in [6.07, 6.45) is 2.16. The maximum Gasteiger partial charge on any atom is 0.338 e. The van der Waals surface area contributed by atoms with Gasteiger partial charge in [-0.3, -0.25) is 9.69 Å². The summed E-state index contributed by atoms with van der Waals surface area (Å²) in [6, 6.07) is 4.98. The number of carbonyl (C=O) groups excluding carboxylic acids is 3. The van der Waals surface area contributed by atoms with Crippen LogP contribution in [-0.2, 0) is 22.4 Å². The molecule has 1 fully saturated rings. The summed E-state index contributed by atoms with van der Waals surface area (Å²) in [4.78, 5) is 41.0. The Bertz CT molecular complexity index is 933. The van der Waals surface area contributed by atoms with Gasteiger partial charge in [0.15, 0.2) is 6.10 Å². The maximum atomic E-state index is 12.6. The van der Waals surface area contributed by atoms with Gasteiger partial charge in [-0.2, -0.15) is 0 Å². The van der Waals surface area contributed by atoms with Gasteiger partial charge in [-0.1, -0.05) is 6.92 Å². The van der Waals surface area contributed by atoms with E-state index in [4.69, 9.17) is 4.74 Å². The molecular weight excluding hydrogens is 346 g/mol. The predicted molar refractivity (Wildman–Crippen MR) is 99.5 cm³/mol. The predicted octanol–water partition coefficient (Wildman–Crippen LogP) is 2.39. The van der Waals surface area contributed by atoms with Crippen molar-refractivity contribution < 1.29 is 19.1 Å². The summed E-state index contributed by atoms with van der Waals surface area (Å²) in [5.41, 5.74) is 3.95. The number of urea groups is 1. The Labute approximate surface area is 157 Å². The summed E-state index contributed by atoms with van der Waals surface area (Å²) in [6.45, 7) is 4.43. The summed E-state index contributed by atoms with van der Waals surface area (Å²) < 4.78 is 5.33. The van der Waals surface area contributed by atoms with Crippen LogP contribution in [-0.4, -0.2) is 47.0 Å². The number of carbonyl (C=O) groups is 3. The fourth-order valence-corrected chi connectivity index (χ4v) is 3.90. The normalized spacial score (nSPS) is 20.3. The average molecular weight is 369 g/mol. The summed E-state index contributed by atoms with van der Waals surface area (Å²) in [5.74, 6) is -0.445. The van der Waals surface area contributed by atoms with E-state index in [9.17, 15) is 14.4 Å². The standard InChI is InChI=1S/C20H23N3O4/c1-11-3-5-16-14(9-11)15-10-13(4-6-17(15)22-16)19(25)27-12(2)18(24)23-8-7-21-20(23)26/h4,6,10-12,22H,3,5,7-9H2,1-2H3,(H,21,26). The number of esters is 1. The van der Waals surface area contributed by atoms with E-state index in [1.54, 1.807) is 6.07 Å². The molecule has 1 aliphatic heterocycles. The number of aromatic nitrogens is 1. The van der Waals surface area contributed by atoms with Crippen molar-refractivity contribution in [3.63, 3.8) is 0 Å². The topological polar surface area (TPSA) is 91.5 Å². The van der Waals surface area contributed by atoms with Crippen LogP contribution >= 0.6 is 0 Å². The van der Waals surface area contributed by atoms with Gasteiger partial charge in [-0.25, -0.2) is 9.59 Å². The van der Waals surface area contributed by atoms with Gasteiger partial charge in [-0.15, -0.1) is 0 Å². The number of H-pyrrole nitrogens is 1. The molecule has 1 aromatic heterocycles. The fourth-order valence-electron chi connectivity index (χ4n) is 3.90. The highest BCUT2D eigenvalue weighted by atomic mass is 16.5. The Morgan fingerprint density at radius 2 is 2.15 bits per heavy atom. The molecule has 2 aliphatic rings. The lowest BCUT2D eigenvalue weighted by atomic mass is 9.87. The van der Waals surface area contributed by atoms with Crippen LogP contribution in [0.5, 0.6) is 0 Å². The van der Waals surface area contributed by atoms with E-state index >= 15 is 0 Å². The fraction of sp³-hybridized carbons (Fsp3) is 0.450. The van der Waals surface area contributed by atoms with E-state index < -0.39 is 24.0 Å². The molecule has 7 nitrogen and oxygen atoms in total. The molecular formula is C20H23N3O4. The van der Waals surface area contributed by atoms with E-state index in [1.165, 1.54) is 24.6 Å². The van der Waals surface area contributed by atoms with Crippen LogP contribution in [0.1, 0.15) is 41.9 Å². The quantitative estimate of drug-likeness (QED) is 0.813. The Kier molecular flexibility index (Phi) is 4.37. The number of aromatic amines is 1. The van der Waals surface area contributed by atoms with Crippen molar-refractivity contribution in [1.82, 2.24) is 15.2 Å². The van der Waals surface area contributed by atoms with Gasteiger partial charge in [0.1, 0.15) is 0 Å². The highest BCUT2D eigenvalue weighted by Gasteiger charge is 2.32. The highest BCUT2D eigenvalue weighted by Crippen LogP contribution is 2.32. The van der Waals surface area contributed by atoms with Gasteiger partial charge in [0.05, 0.1) is 5.56 Å². The Morgan fingerprint density at radius 3 is 2.89 bits per heavy atom. The van der Waals surface area contributed by atoms with Gasteiger partial charge in [0, 0.05) is 29.7 Å². The average Bonchev–Trinajstić information content (AvgIpc) is 3.23. The molecule has 1 aliphatic carbocycles. The number of benzene rings is 1. The Balaban J connectivity index is 1.53. The molecule has 1 aromatic carbocycles. The molecule has 2 atom stereocenters. The third kappa shape index (κ3) is 3.18. The van der Waals surface area contributed by atoms with Crippen LogP contribution in [0.4, 0.5) is 4.79 Å². The van der Waals surface area contributed by atoms with Gasteiger partial charge < -0.3 is 15.0 Å². The monoisotopic (exact) mass is 369 g/mol. The number of rotatable bonds is 3. The number of hydrogen-bond acceptors (Lipinski definition) is 4. The molecule has 2 unspecified atom stereocenters. The first-order valence-corrected chi connectivity index (χ1v) is 9.37. The number of amides is 3. The maximum absolute atomic E-state index is 12.6. The number of hydrogen-bond donors (Lipinski definition) is 2. The van der Waals surface area contributed by atoms with Gasteiger partial charge >= 0.3 is 12.0 Å². The van der Waals surface area contributed by atoms with Crippen molar-refractivity contribution in [2.75, 3.05) is 13.1 Å². The van der Waals surface area contributed by atoms with Crippen molar-refractivity contribution in [2.24, 2.45) is 5.92 Å². The van der Waals surface area contributed by atoms with E-state index in [1.807, 2.05) is 12.1 Å². The molecule has 2 N–H and O–H groups in total. The zero-order valence-corrected chi connectivity index (χ0v) is 15.5. The molecule has 0 saturated carbocycles. The lowest BCUT2D eigenvalue weighted by Crippen LogP contribution is -2.41. The Morgan fingerprint density at radius 1 is 1.33 bits per heavy atom. The molecule has 2 heterocycles. The first-order valence-electron chi connectivity index (χ1n) is 9.37. The molecule has 1 saturated heterocycles. The highest BCUT2D eigenvalue weighted by molar-refractivity contribution is 6.00. The van der Waals surface area contributed by atoms with Crippen molar-refractivity contribution >= 4 is 28.8 Å². The minimum atomic E-state index is -1.02. The van der Waals surface area contributed by atoms with Crippen LogP contribution in [0.3, 0.4) is 0 Å². The first-order chi connectivity index (χ1) is 12.9. The molecule has 4 rings (SSSR count). The molecule has 7 heteroatoms. The zero-order chi connectivity index (χ0) is 19.1. The summed E-state index contributed by atoms with van der Waals surface area (Å²) >= 11 is 0. The Hall–Kier alpha value is -2.83. The summed E-state index contributed by atoms with van der Waals surface area (Å²) in [5, 5.41) is 3.61. The second-order valence-corrected chi connectivity index (χ2v) is 7.46. The molecule has 3 amide bonds.